The molecule has 8 heteroatoms. The molecule has 364 valence electrons. The van der Waals surface area contributed by atoms with E-state index >= 15 is 0 Å². The fourth-order valence-electron chi connectivity index (χ4n) is 14.4. The first-order chi connectivity index (χ1) is 38.7. The number of furan rings is 2. The molecule has 2 aliphatic heterocycles. The number of ether oxygens (including phenoxy) is 2. The maximum atomic E-state index is 8.18. The van der Waals surface area contributed by atoms with Gasteiger partial charge in [-0.05, 0) is 60.7 Å². The van der Waals surface area contributed by atoms with Gasteiger partial charge in [-0.25, -0.2) is 0 Å². The van der Waals surface area contributed by atoms with Gasteiger partial charge in [-0.1, -0.05) is 158 Å². The molecule has 0 saturated heterocycles. The number of hydrogen-bond acceptors (Lipinski definition) is 6. The summed E-state index contributed by atoms with van der Waals surface area (Å²) in [5, 5.41) is 9.51. The van der Waals surface area contributed by atoms with Crippen LogP contribution in [0.3, 0.4) is 0 Å². The Morgan fingerprint density at radius 1 is 0.295 bits per heavy atom. The molecule has 10 aromatic carbocycles. The van der Waals surface area contributed by atoms with Crippen LogP contribution in [0.4, 0.5) is 0 Å². The Morgan fingerprint density at radius 2 is 0.641 bits per heavy atom. The Labute approximate surface area is 452 Å². The van der Waals surface area contributed by atoms with Gasteiger partial charge >= 0.3 is 0 Å². The summed E-state index contributed by atoms with van der Waals surface area (Å²) >= 11 is 3.66. The highest BCUT2D eigenvalue weighted by Crippen LogP contribution is 2.68. The number of nitrogens with zero attached hydrogens (tertiary/aromatic N) is 2. The summed E-state index contributed by atoms with van der Waals surface area (Å²) in [6.07, 6.45) is 0. The van der Waals surface area contributed by atoms with Crippen LogP contribution in [0.2, 0.25) is 0 Å². The Morgan fingerprint density at radius 3 is 1.05 bits per heavy atom. The standard InChI is InChI=1S/C70H38N2O4S2/c1-9-25-51-39(17-1)41-33-35-59-63(43-19-3-15-31-57(43)77-59)65(41)71(51)61-37-49-67(75-61)70(47-23-7-13-29-55(47)74-56-30-14-8-24-48(56)70)50-38-62(76-68(50)69(49)45-21-5-11-27-53(45)73-54-28-12-6-22-46(54)69)72-52-26-10-2-18-40(52)42-34-36-60-64(66(42)72)44-20-4-16-32-58(44)78-60/h1-38H. The van der Waals surface area contributed by atoms with Crippen molar-refractivity contribution in [3.05, 3.63) is 275 Å². The molecule has 78 heavy (non-hydrogen) atoms. The van der Waals surface area contributed by atoms with E-state index in [0.717, 1.165) is 101 Å². The van der Waals surface area contributed by atoms with Gasteiger partial charge in [0.2, 0.25) is 11.8 Å². The monoisotopic (exact) mass is 1030 g/mol. The highest BCUT2D eigenvalue weighted by atomic mass is 32.1. The van der Waals surface area contributed by atoms with Crippen LogP contribution in [0, 0.1) is 0 Å². The SMILES string of the molecule is c1ccc2c(c1)Oc1ccccc1C21c2cc(-n3c4ccccc4c4ccc5sc6ccccc6c5c43)oc2C2(c3ccccc3Oc3ccccc32)c2cc(-n3c4ccccc4c4ccc5sc6ccccc6c5c43)oc21. The number of benzene rings is 10. The number of fused-ring (bicyclic) bond motifs is 28. The minimum atomic E-state index is -1.12. The number of hydrogen-bond donors (Lipinski definition) is 0. The Balaban J connectivity index is 1.03. The molecule has 0 N–H and O–H groups in total. The molecule has 2 spiro atoms. The summed E-state index contributed by atoms with van der Waals surface area (Å²) < 4.78 is 40.2. The van der Waals surface area contributed by atoms with Gasteiger partial charge in [0.1, 0.15) is 45.3 Å². The van der Waals surface area contributed by atoms with Crippen LogP contribution in [-0.4, -0.2) is 9.13 Å². The first-order valence-electron chi connectivity index (χ1n) is 26.4. The van der Waals surface area contributed by atoms with Gasteiger partial charge in [-0.3, -0.25) is 9.13 Å². The summed E-state index contributed by atoms with van der Waals surface area (Å²) in [5.74, 6) is 5.99. The van der Waals surface area contributed by atoms with Gasteiger partial charge < -0.3 is 18.3 Å². The molecule has 0 fully saturated rings. The van der Waals surface area contributed by atoms with E-state index < -0.39 is 10.8 Å². The molecule has 0 unspecified atom stereocenters. The Bertz CT molecular complexity index is 4860. The van der Waals surface area contributed by atoms with Crippen LogP contribution in [0.5, 0.6) is 23.0 Å². The van der Waals surface area contributed by atoms with Gasteiger partial charge in [-0.15, -0.1) is 22.7 Å². The van der Waals surface area contributed by atoms with E-state index in [-0.39, 0.29) is 0 Å². The maximum absolute atomic E-state index is 8.18. The van der Waals surface area contributed by atoms with Gasteiger partial charge in [0.25, 0.3) is 0 Å². The lowest BCUT2D eigenvalue weighted by molar-refractivity contribution is 0.348. The highest BCUT2D eigenvalue weighted by Gasteiger charge is 2.63. The number of aromatic nitrogens is 2. The van der Waals surface area contributed by atoms with E-state index in [1.165, 1.54) is 51.1 Å². The summed E-state index contributed by atoms with van der Waals surface area (Å²) in [6, 6.07) is 83.0. The molecule has 19 rings (SSSR count). The van der Waals surface area contributed by atoms with Crippen LogP contribution in [0.1, 0.15) is 44.9 Å². The number of thiophene rings is 2. The second-order valence-corrected chi connectivity index (χ2v) is 23.1. The molecule has 8 heterocycles. The van der Waals surface area contributed by atoms with Gasteiger partial charge in [0.15, 0.2) is 0 Å². The van der Waals surface area contributed by atoms with E-state index in [4.69, 9.17) is 18.3 Å². The predicted octanol–water partition coefficient (Wildman–Crippen LogP) is 19.1. The molecule has 6 aromatic heterocycles. The fraction of sp³-hybridized carbons (Fsp3) is 0.0286. The first-order valence-corrected chi connectivity index (χ1v) is 28.0. The molecule has 0 bridgehead atoms. The quantitative estimate of drug-likeness (QED) is 0.173. The molecule has 0 amide bonds. The third-order valence-electron chi connectivity index (χ3n) is 17.3. The predicted molar refractivity (Wildman–Crippen MR) is 316 cm³/mol. The minimum absolute atomic E-state index is 0.704. The second kappa shape index (κ2) is 14.7. The molecule has 0 saturated carbocycles. The van der Waals surface area contributed by atoms with E-state index in [1.54, 1.807) is 0 Å². The molecule has 3 aliphatic rings. The summed E-state index contributed by atoms with van der Waals surface area (Å²) in [4.78, 5) is 0. The molecular formula is C70H38N2O4S2. The van der Waals surface area contributed by atoms with E-state index in [9.17, 15) is 0 Å². The van der Waals surface area contributed by atoms with Gasteiger partial charge in [0.05, 0.1) is 22.1 Å². The summed E-state index contributed by atoms with van der Waals surface area (Å²) in [7, 11) is 0. The zero-order valence-electron chi connectivity index (χ0n) is 41.3. The largest absolute Gasteiger partial charge is 0.457 e. The van der Waals surface area contributed by atoms with Crippen LogP contribution in [-0.2, 0) is 10.8 Å². The zero-order valence-corrected chi connectivity index (χ0v) is 42.9. The lowest BCUT2D eigenvalue weighted by Gasteiger charge is -2.48. The van der Waals surface area contributed by atoms with Crippen LogP contribution in [0.25, 0.3) is 95.7 Å². The first kappa shape index (κ1) is 41.6. The van der Waals surface area contributed by atoms with Crippen LogP contribution < -0.4 is 9.47 Å². The van der Waals surface area contributed by atoms with E-state index in [1.807, 2.05) is 22.7 Å². The average Bonchev–Trinajstić information content (AvgIpc) is 3.48. The van der Waals surface area contributed by atoms with Gasteiger partial charge in [0, 0.05) is 107 Å². The van der Waals surface area contributed by atoms with Gasteiger partial charge in [-0.2, -0.15) is 0 Å². The lowest BCUT2D eigenvalue weighted by atomic mass is 9.54. The highest BCUT2D eigenvalue weighted by molar-refractivity contribution is 7.26. The number of para-hydroxylation sites is 6. The summed E-state index contributed by atoms with van der Waals surface area (Å²) in [5.41, 5.74) is 7.88. The van der Waals surface area contributed by atoms with Crippen molar-refractivity contribution < 1.29 is 18.3 Å². The van der Waals surface area contributed by atoms with Crippen molar-refractivity contribution in [1.29, 1.82) is 0 Å². The van der Waals surface area contributed by atoms with Crippen LogP contribution in [0.15, 0.2) is 239 Å². The lowest BCUT2D eigenvalue weighted by Crippen LogP contribution is -2.46. The van der Waals surface area contributed by atoms with Crippen molar-refractivity contribution in [3.63, 3.8) is 0 Å². The number of rotatable bonds is 2. The smallest absolute Gasteiger partial charge is 0.205 e. The maximum Gasteiger partial charge on any atom is 0.205 e. The fourth-order valence-corrected chi connectivity index (χ4v) is 16.6. The Kier molecular flexibility index (Phi) is 7.82. The van der Waals surface area contributed by atoms with Crippen molar-refractivity contribution in [1.82, 2.24) is 9.13 Å². The second-order valence-electron chi connectivity index (χ2n) is 20.9. The van der Waals surface area contributed by atoms with Crippen molar-refractivity contribution >= 4 is 107 Å². The topological polar surface area (TPSA) is 54.6 Å². The molecule has 0 radical (unpaired) electrons. The molecule has 6 nitrogen and oxygen atoms in total. The van der Waals surface area contributed by atoms with Crippen molar-refractivity contribution in [2.24, 2.45) is 0 Å². The van der Waals surface area contributed by atoms with E-state index in [2.05, 4.69) is 240 Å². The van der Waals surface area contributed by atoms with Crippen molar-refractivity contribution in [2.75, 3.05) is 0 Å². The third kappa shape index (κ3) is 4.91. The van der Waals surface area contributed by atoms with Crippen molar-refractivity contribution in [2.45, 2.75) is 10.8 Å². The minimum Gasteiger partial charge on any atom is -0.457 e. The molecule has 16 aromatic rings. The normalized spacial score (nSPS) is 14.6. The van der Waals surface area contributed by atoms with Crippen molar-refractivity contribution in [3.8, 4) is 34.8 Å². The molecule has 1 aliphatic carbocycles. The molecule has 0 atom stereocenters. The average molecular weight is 1040 g/mol. The Hall–Kier alpha value is -9.60. The summed E-state index contributed by atoms with van der Waals surface area (Å²) in [6.45, 7) is 0. The third-order valence-corrected chi connectivity index (χ3v) is 19.6. The van der Waals surface area contributed by atoms with E-state index in [0.29, 0.717) is 11.8 Å². The zero-order chi connectivity index (χ0) is 50.6. The van der Waals surface area contributed by atoms with Crippen LogP contribution >= 0.6 is 22.7 Å². The molecular weight excluding hydrogens is 997 g/mol.